The number of carbonyl (C=O) groups is 2. The molecule has 0 bridgehead atoms. The van der Waals surface area contributed by atoms with E-state index >= 15 is 0 Å². The van der Waals surface area contributed by atoms with Gasteiger partial charge in [0.05, 0.1) is 33.8 Å². The molecule has 0 radical (unpaired) electrons. The normalized spacial score (nSPS) is 14.0. The molecular weight excluding hydrogens is 952 g/mol. The largest absolute Gasteiger partial charge is 0.756 e. The van der Waals surface area contributed by atoms with E-state index < -0.39 is 26.6 Å². The summed E-state index contributed by atoms with van der Waals surface area (Å²) in [5, 5.41) is 3.03. The standard InChI is InChI=1S/C65H123N2O7P/c1-7-10-13-16-19-22-25-27-29-31-32-33-34-36-37-39-42-45-48-51-54-57-64(68)66-62(61-73-75(70,71)72-60-59-67(4,5)6)63(56-53-50-47-44-41-24-21-18-15-12-9-3)74-65(69)58-55-52-49-46-43-40-38-35-30-28-26-23-20-17-14-11-8-2/h20,23,28,30,38,40,53,56,62-63H,7-19,21-22,24-27,29,31-37,39,41-52,54-55,57-61H2,1-6H3,(H-,66,68,70,71)/b23-20-,30-28-,40-38-,56-53+. The Kier molecular flexibility index (Phi) is 53.8. The first-order valence-electron chi connectivity index (χ1n) is 31.9. The van der Waals surface area contributed by atoms with Crippen LogP contribution in [0.5, 0.6) is 0 Å². The van der Waals surface area contributed by atoms with Crippen LogP contribution in [0, 0.1) is 0 Å². The van der Waals surface area contributed by atoms with Crippen LogP contribution in [0.25, 0.3) is 0 Å². The van der Waals surface area contributed by atoms with Crippen LogP contribution in [0.4, 0.5) is 0 Å². The molecule has 0 aliphatic rings. The molecule has 0 fully saturated rings. The number of nitrogens with zero attached hydrogens (tertiary/aromatic N) is 1. The first-order valence-corrected chi connectivity index (χ1v) is 33.4. The molecule has 0 saturated heterocycles. The molecule has 0 rings (SSSR count). The first-order chi connectivity index (χ1) is 36.4. The number of rotatable bonds is 58. The summed E-state index contributed by atoms with van der Waals surface area (Å²) in [5.74, 6) is -0.555. The van der Waals surface area contributed by atoms with Gasteiger partial charge in [-0.2, -0.15) is 0 Å². The Balaban J connectivity index is 5.18. The van der Waals surface area contributed by atoms with Crippen molar-refractivity contribution in [1.29, 1.82) is 0 Å². The molecule has 3 unspecified atom stereocenters. The quantitative estimate of drug-likeness (QED) is 0.0212. The lowest BCUT2D eigenvalue weighted by Gasteiger charge is -2.30. The summed E-state index contributed by atoms with van der Waals surface area (Å²) in [5.41, 5.74) is 0. The zero-order valence-corrected chi connectivity index (χ0v) is 51.2. The number of ether oxygens (including phenoxy) is 1. The summed E-state index contributed by atoms with van der Waals surface area (Å²) >= 11 is 0. The Labute approximate surface area is 465 Å². The van der Waals surface area contributed by atoms with Gasteiger partial charge in [-0.25, -0.2) is 0 Å². The number of hydrogen-bond acceptors (Lipinski definition) is 7. The molecule has 0 aromatic rings. The summed E-state index contributed by atoms with van der Waals surface area (Å²) in [6.45, 7) is 6.83. The highest BCUT2D eigenvalue weighted by Gasteiger charge is 2.27. The third kappa shape index (κ3) is 56.5. The number of phosphoric ester groups is 1. The zero-order chi connectivity index (χ0) is 55.0. The number of esters is 1. The van der Waals surface area contributed by atoms with Crippen molar-refractivity contribution in [2.45, 2.75) is 315 Å². The van der Waals surface area contributed by atoms with E-state index in [9.17, 15) is 19.0 Å². The molecule has 1 N–H and O–H groups in total. The molecule has 0 spiro atoms. The highest BCUT2D eigenvalue weighted by molar-refractivity contribution is 7.45. The summed E-state index contributed by atoms with van der Waals surface area (Å²) < 4.78 is 30.3. The molecule has 1 amide bonds. The minimum absolute atomic E-state index is 0.0250. The van der Waals surface area contributed by atoms with Gasteiger partial charge in [0.15, 0.2) is 0 Å². The number of quaternary nitrogens is 1. The van der Waals surface area contributed by atoms with E-state index in [1.54, 1.807) is 0 Å². The average Bonchev–Trinajstić information content (AvgIpc) is 3.37. The van der Waals surface area contributed by atoms with Gasteiger partial charge in [-0.15, -0.1) is 0 Å². The van der Waals surface area contributed by atoms with Gasteiger partial charge in [0.2, 0.25) is 5.91 Å². The average molecular weight is 1080 g/mol. The number of unbranched alkanes of at least 4 members (excludes halogenated alkanes) is 36. The number of amides is 1. The lowest BCUT2D eigenvalue weighted by atomic mass is 10.0. The summed E-state index contributed by atoms with van der Waals surface area (Å²) in [7, 11) is 1.18. The van der Waals surface area contributed by atoms with Crippen LogP contribution >= 0.6 is 7.82 Å². The van der Waals surface area contributed by atoms with Crippen molar-refractivity contribution in [2.75, 3.05) is 40.9 Å². The van der Waals surface area contributed by atoms with Gasteiger partial charge in [-0.3, -0.25) is 14.2 Å². The molecule has 10 heteroatoms. The van der Waals surface area contributed by atoms with Crippen LogP contribution in [0.3, 0.4) is 0 Å². The van der Waals surface area contributed by atoms with E-state index in [1.165, 1.54) is 186 Å². The van der Waals surface area contributed by atoms with Crippen LogP contribution < -0.4 is 10.2 Å². The lowest BCUT2D eigenvalue weighted by molar-refractivity contribution is -0.870. The topological polar surface area (TPSA) is 114 Å². The van der Waals surface area contributed by atoms with Crippen molar-refractivity contribution in [1.82, 2.24) is 5.32 Å². The lowest BCUT2D eigenvalue weighted by Crippen LogP contribution is -2.47. The van der Waals surface area contributed by atoms with E-state index in [2.05, 4.69) is 62.5 Å². The van der Waals surface area contributed by atoms with Gasteiger partial charge in [0.25, 0.3) is 7.82 Å². The summed E-state index contributed by atoms with van der Waals surface area (Å²) in [4.78, 5) is 40.0. The summed E-state index contributed by atoms with van der Waals surface area (Å²) in [6.07, 6.45) is 67.9. The van der Waals surface area contributed by atoms with Gasteiger partial charge < -0.3 is 28.5 Å². The van der Waals surface area contributed by atoms with E-state index in [4.69, 9.17) is 13.8 Å². The molecule has 0 aliphatic carbocycles. The second kappa shape index (κ2) is 55.3. The molecule has 3 atom stereocenters. The van der Waals surface area contributed by atoms with Crippen molar-refractivity contribution in [2.24, 2.45) is 0 Å². The Bertz CT molecular complexity index is 1420. The first kappa shape index (κ1) is 73.0. The van der Waals surface area contributed by atoms with E-state index in [1.807, 2.05) is 33.3 Å². The van der Waals surface area contributed by atoms with Gasteiger partial charge in [-0.05, 0) is 70.3 Å². The van der Waals surface area contributed by atoms with Gasteiger partial charge in [0, 0.05) is 12.8 Å². The smallest absolute Gasteiger partial charge is 0.306 e. The van der Waals surface area contributed by atoms with Crippen molar-refractivity contribution < 1.29 is 37.3 Å². The Morgan fingerprint density at radius 2 is 0.813 bits per heavy atom. The fraction of sp³-hybridized carbons (Fsp3) is 0.846. The Morgan fingerprint density at radius 3 is 1.24 bits per heavy atom. The maximum Gasteiger partial charge on any atom is 0.306 e. The zero-order valence-electron chi connectivity index (χ0n) is 50.3. The highest BCUT2D eigenvalue weighted by atomic mass is 31.2. The van der Waals surface area contributed by atoms with Crippen molar-refractivity contribution in [3.05, 3.63) is 48.6 Å². The van der Waals surface area contributed by atoms with Crippen LogP contribution in [-0.2, 0) is 27.9 Å². The number of likely N-dealkylation sites (N-methyl/N-ethyl adjacent to an activating group) is 1. The third-order valence-corrected chi connectivity index (χ3v) is 15.2. The molecule has 9 nitrogen and oxygen atoms in total. The van der Waals surface area contributed by atoms with Crippen LogP contribution in [0.15, 0.2) is 48.6 Å². The third-order valence-electron chi connectivity index (χ3n) is 14.3. The second-order valence-corrected chi connectivity index (χ2v) is 24.3. The van der Waals surface area contributed by atoms with Crippen LogP contribution in [0.1, 0.15) is 303 Å². The van der Waals surface area contributed by atoms with Gasteiger partial charge >= 0.3 is 5.97 Å². The predicted molar refractivity (Wildman–Crippen MR) is 321 cm³/mol. The van der Waals surface area contributed by atoms with Gasteiger partial charge in [0.1, 0.15) is 19.3 Å². The molecule has 0 aliphatic heterocycles. The highest BCUT2D eigenvalue weighted by Crippen LogP contribution is 2.38. The summed E-state index contributed by atoms with van der Waals surface area (Å²) in [6, 6.07) is -0.895. The fourth-order valence-corrected chi connectivity index (χ4v) is 10.0. The van der Waals surface area contributed by atoms with Crippen LogP contribution in [-0.4, -0.2) is 69.4 Å². The van der Waals surface area contributed by atoms with Crippen molar-refractivity contribution in [3.8, 4) is 0 Å². The molecule has 0 heterocycles. The predicted octanol–water partition coefficient (Wildman–Crippen LogP) is 19.0. The van der Waals surface area contributed by atoms with Crippen molar-refractivity contribution in [3.63, 3.8) is 0 Å². The van der Waals surface area contributed by atoms with E-state index in [0.29, 0.717) is 23.9 Å². The Hall–Kier alpha value is -2.03. The number of carbonyl (C=O) groups excluding carboxylic acids is 2. The van der Waals surface area contributed by atoms with Crippen molar-refractivity contribution >= 4 is 19.7 Å². The molecule has 0 aromatic carbocycles. The van der Waals surface area contributed by atoms with Gasteiger partial charge in [-0.1, -0.05) is 269 Å². The SMILES string of the molecule is CCCCC/C=C\C/C=C\C/C=C\CCCCCCC(=O)OC(/C=C/CCCCCCCCCCC)C(COP(=O)([O-])OCC[N+](C)(C)C)NC(=O)CCCCCCCCCCCCCCCCCCCCCCC. The molecular formula is C65H123N2O7P. The van der Waals surface area contributed by atoms with Crippen LogP contribution in [0.2, 0.25) is 0 Å². The number of phosphoric acid groups is 1. The van der Waals surface area contributed by atoms with E-state index in [0.717, 1.165) is 77.0 Å². The maximum absolute atomic E-state index is 13.5. The molecule has 75 heavy (non-hydrogen) atoms. The number of allylic oxidation sites excluding steroid dienone is 7. The monoisotopic (exact) mass is 1070 g/mol. The minimum Gasteiger partial charge on any atom is -0.756 e. The van der Waals surface area contributed by atoms with E-state index in [-0.39, 0.29) is 24.9 Å². The molecule has 440 valence electrons. The maximum atomic E-state index is 13.5. The second-order valence-electron chi connectivity index (χ2n) is 22.9. The Morgan fingerprint density at radius 1 is 0.467 bits per heavy atom. The fourth-order valence-electron chi connectivity index (χ4n) is 9.29. The number of nitrogens with one attached hydrogen (secondary N) is 1. The molecule has 0 saturated carbocycles. The molecule has 0 aromatic heterocycles. The number of hydrogen-bond donors (Lipinski definition) is 1. The minimum atomic E-state index is -4.70.